The summed E-state index contributed by atoms with van der Waals surface area (Å²) in [6.45, 7) is 2.56. The van der Waals surface area contributed by atoms with Gasteiger partial charge in [0, 0.05) is 54.9 Å². The third-order valence-corrected chi connectivity index (χ3v) is 4.73. The van der Waals surface area contributed by atoms with Crippen molar-refractivity contribution < 1.29 is 14.3 Å². The molecule has 0 aliphatic carbocycles. The third-order valence-electron chi connectivity index (χ3n) is 4.73. The predicted octanol–water partition coefficient (Wildman–Crippen LogP) is 1.46. The minimum atomic E-state index is -0.303. The Morgan fingerprint density at radius 2 is 1.90 bits per heavy atom. The fourth-order valence-electron chi connectivity index (χ4n) is 3.09. The van der Waals surface area contributed by atoms with Gasteiger partial charge in [-0.2, -0.15) is 0 Å². The van der Waals surface area contributed by atoms with Gasteiger partial charge in [0.15, 0.2) is 0 Å². The summed E-state index contributed by atoms with van der Waals surface area (Å²) >= 11 is 0. The summed E-state index contributed by atoms with van der Waals surface area (Å²) in [4.78, 5) is 30.6. The van der Waals surface area contributed by atoms with E-state index in [4.69, 9.17) is 16.2 Å². The number of benzene rings is 1. The van der Waals surface area contributed by atoms with E-state index in [0.29, 0.717) is 37.6 Å². The number of carbonyl (C=O) groups is 2. The Balaban J connectivity index is 1.63. The predicted molar refractivity (Wildman–Crippen MR) is 116 cm³/mol. The zero-order valence-electron chi connectivity index (χ0n) is 16.6. The number of pyridine rings is 1. The Bertz CT molecular complexity index is 948. The maximum Gasteiger partial charge on any atom is 0.254 e. The summed E-state index contributed by atoms with van der Waals surface area (Å²) in [6, 6.07) is 8.62. The maximum absolute atomic E-state index is 12.5. The van der Waals surface area contributed by atoms with Gasteiger partial charge in [-0.3, -0.25) is 14.6 Å². The van der Waals surface area contributed by atoms with Crippen LogP contribution in [0.5, 0.6) is 0 Å². The van der Waals surface area contributed by atoms with E-state index in [-0.39, 0.29) is 18.4 Å². The van der Waals surface area contributed by atoms with E-state index in [1.165, 1.54) is 12.3 Å². The lowest BCUT2D eigenvalue weighted by atomic mass is 10.0. The number of hydrogen-bond acceptors (Lipinski definition) is 6. The molecule has 0 saturated carbocycles. The Kier molecular flexibility index (Phi) is 7.31. The van der Waals surface area contributed by atoms with Crippen molar-refractivity contribution in [1.82, 2.24) is 9.88 Å². The second-order valence-corrected chi connectivity index (χ2v) is 6.66. The quantitative estimate of drug-likeness (QED) is 0.623. The molecule has 0 unspecified atom stereocenters. The zero-order valence-corrected chi connectivity index (χ0v) is 16.6. The van der Waals surface area contributed by atoms with E-state index in [1.807, 2.05) is 0 Å². The minimum Gasteiger partial charge on any atom is -0.404 e. The van der Waals surface area contributed by atoms with Gasteiger partial charge in [0.1, 0.15) is 0 Å². The molecule has 2 aromatic rings. The lowest BCUT2D eigenvalue weighted by molar-refractivity contribution is -0.111. The molecule has 1 aliphatic heterocycles. The van der Waals surface area contributed by atoms with Crippen LogP contribution in [0.3, 0.4) is 0 Å². The SMILES string of the molecule is N/C=C(\CN)c1ccncc1/C=C/C(=O)Nc1ccc(C(=O)N2CCOCC2)cc1. The highest BCUT2D eigenvalue weighted by Gasteiger charge is 2.18. The topological polar surface area (TPSA) is 124 Å². The van der Waals surface area contributed by atoms with Crippen LogP contribution in [0.4, 0.5) is 5.69 Å². The van der Waals surface area contributed by atoms with E-state index in [1.54, 1.807) is 53.7 Å². The van der Waals surface area contributed by atoms with Gasteiger partial charge in [-0.1, -0.05) is 0 Å². The first-order chi connectivity index (χ1) is 14.6. The normalized spacial score (nSPS) is 14.7. The summed E-state index contributed by atoms with van der Waals surface area (Å²) in [5.41, 5.74) is 14.8. The van der Waals surface area contributed by atoms with Gasteiger partial charge >= 0.3 is 0 Å². The number of carbonyl (C=O) groups excluding carboxylic acids is 2. The van der Waals surface area contributed by atoms with Gasteiger partial charge in [-0.25, -0.2) is 0 Å². The molecule has 156 valence electrons. The molecule has 1 aromatic carbocycles. The van der Waals surface area contributed by atoms with Gasteiger partial charge in [0.05, 0.1) is 13.2 Å². The van der Waals surface area contributed by atoms with Crippen molar-refractivity contribution in [2.24, 2.45) is 11.5 Å². The van der Waals surface area contributed by atoms with E-state index in [9.17, 15) is 9.59 Å². The molecule has 2 amide bonds. The molecule has 2 heterocycles. The summed E-state index contributed by atoms with van der Waals surface area (Å²) in [7, 11) is 0. The first-order valence-electron chi connectivity index (χ1n) is 9.63. The highest BCUT2D eigenvalue weighted by molar-refractivity contribution is 6.02. The number of nitrogens with two attached hydrogens (primary N) is 2. The standard InChI is InChI=1S/C22H25N5O3/c23-13-18(14-24)20-7-8-25-15-17(20)3-6-21(28)26-19-4-1-16(2-5-19)22(29)27-9-11-30-12-10-27/h1-8,13,15H,9-12,14,23-24H2,(H,26,28)/b6-3+,18-13+. The van der Waals surface area contributed by atoms with E-state index < -0.39 is 0 Å². The molecule has 0 spiro atoms. The molecule has 1 aliphatic rings. The van der Waals surface area contributed by atoms with Crippen LogP contribution < -0.4 is 16.8 Å². The first-order valence-corrected chi connectivity index (χ1v) is 9.63. The Morgan fingerprint density at radius 3 is 2.57 bits per heavy atom. The number of morpholine rings is 1. The number of nitrogens with one attached hydrogen (secondary N) is 1. The van der Waals surface area contributed by atoms with Crippen LogP contribution in [-0.2, 0) is 9.53 Å². The maximum atomic E-state index is 12.5. The van der Waals surface area contributed by atoms with E-state index >= 15 is 0 Å². The molecule has 5 N–H and O–H groups in total. The van der Waals surface area contributed by atoms with Crippen LogP contribution in [-0.4, -0.2) is 54.5 Å². The average molecular weight is 407 g/mol. The van der Waals surface area contributed by atoms with Crippen molar-refractivity contribution in [3.05, 3.63) is 71.7 Å². The average Bonchev–Trinajstić information content (AvgIpc) is 2.80. The second kappa shape index (κ2) is 10.3. The molecular weight excluding hydrogens is 382 g/mol. The molecule has 0 atom stereocenters. The molecule has 3 rings (SSSR count). The summed E-state index contributed by atoms with van der Waals surface area (Å²) in [6.07, 6.45) is 7.81. The van der Waals surface area contributed by atoms with Crippen LogP contribution in [0.15, 0.2) is 55.0 Å². The van der Waals surface area contributed by atoms with Crippen LogP contribution in [0.2, 0.25) is 0 Å². The minimum absolute atomic E-state index is 0.0381. The molecule has 1 aromatic heterocycles. The van der Waals surface area contributed by atoms with Crippen LogP contribution in [0.1, 0.15) is 21.5 Å². The smallest absolute Gasteiger partial charge is 0.254 e. The van der Waals surface area contributed by atoms with Crippen molar-refractivity contribution in [3.8, 4) is 0 Å². The Morgan fingerprint density at radius 1 is 1.17 bits per heavy atom. The molecule has 0 bridgehead atoms. The van der Waals surface area contributed by atoms with Crippen molar-refractivity contribution in [1.29, 1.82) is 0 Å². The number of aromatic nitrogens is 1. The Labute approximate surface area is 175 Å². The summed E-state index contributed by atoms with van der Waals surface area (Å²) < 4.78 is 5.27. The van der Waals surface area contributed by atoms with E-state index in [2.05, 4.69) is 10.3 Å². The molecule has 8 heteroatoms. The van der Waals surface area contributed by atoms with Crippen molar-refractivity contribution in [3.63, 3.8) is 0 Å². The largest absolute Gasteiger partial charge is 0.404 e. The molecule has 0 radical (unpaired) electrons. The number of nitrogens with zero attached hydrogens (tertiary/aromatic N) is 2. The molecule has 30 heavy (non-hydrogen) atoms. The van der Waals surface area contributed by atoms with Crippen LogP contribution in [0.25, 0.3) is 11.6 Å². The van der Waals surface area contributed by atoms with E-state index in [0.717, 1.165) is 16.7 Å². The van der Waals surface area contributed by atoms with Gasteiger partial charge in [0.25, 0.3) is 5.91 Å². The van der Waals surface area contributed by atoms with Gasteiger partial charge in [0.2, 0.25) is 5.91 Å². The van der Waals surface area contributed by atoms with Crippen LogP contribution >= 0.6 is 0 Å². The van der Waals surface area contributed by atoms with Crippen LogP contribution in [0, 0.1) is 0 Å². The highest BCUT2D eigenvalue weighted by Crippen LogP contribution is 2.18. The Hall–Kier alpha value is -3.49. The van der Waals surface area contributed by atoms with Crippen molar-refractivity contribution >= 4 is 29.2 Å². The van der Waals surface area contributed by atoms with Gasteiger partial charge in [-0.05, 0) is 53.7 Å². The van der Waals surface area contributed by atoms with Crippen molar-refractivity contribution in [2.75, 3.05) is 38.2 Å². The highest BCUT2D eigenvalue weighted by atomic mass is 16.5. The number of hydrogen-bond donors (Lipinski definition) is 3. The lowest BCUT2D eigenvalue weighted by Gasteiger charge is -2.26. The monoisotopic (exact) mass is 407 g/mol. The fraction of sp³-hybridized carbons (Fsp3) is 0.227. The number of rotatable bonds is 6. The number of ether oxygens (including phenoxy) is 1. The zero-order chi connectivity index (χ0) is 21.3. The molecular formula is C22H25N5O3. The lowest BCUT2D eigenvalue weighted by Crippen LogP contribution is -2.40. The van der Waals surface area contributed by atoms with Gasteiger partial charge in [-0.15, -0.1) is 0 Å². The molecule has 8 nitrogen and oxygen atoms in total. The summed E-state index contributed by atoms with van der Waals surface area (Å²) in [5, 5.41) is 2.78. The first kappa shape index (κ1) is 21.2. The second-order valence-electron chi connectivity index (χ2n) is 6.66. The number of amides is 2. The molecule has 1 saturated heterocycles. The van der Waals surface area contributed by atoms with Gasteiger partial charge < -0.3 is 26.4 Å². The molecule has 1 fully saturated rings. The van der Waals surface area contributed by atoms with Crippen molar-refractivity contribution in [2.45, 2.75) is 0 Å². The summed E-state index contributed by atoms with van der Waals surface area (Å²) in [5.74, 6) is -0.341. The fourth-order valence-corrected chi connectivity index (χ4v) is 3.09. The number of anilines is 1. The third kappa shape index (κ3) is 5.31.